The highest BCUT2D eigenvalue weighted by atomic mass is 32.1. The molecule has 148 valence electrons. The van der Waals surface area contributed by atoms with Gasteiger partial charge in [-0.3, -0.25) is 9.59 Å². The van der Waals surface area contributed by atoms with Gasteiger partial charge in [0.1, 0.15) is 11.5 Å². The van der Waals surface area contributed by atoms with Crippen LogP contribution in [0.15, 0.2) is 53.5 Å². The zero-order valence-electron chi connectivity index (χ0n) is 14.2. The second-order valence-corrected chi connectivity index (χ2v) is 6.40. The summed E-state index contributed by atoms with van der Waals surface area (Å²) in [7, 11) is 0. The fourth-order valence-corrected chi connectivity index (χ4v) is 2.83. The van der Waals surface area contributed by atoms with Crippen LogP contribution in [0.2, 0.25) is 0 Å². The van der Waals surface area contributed by atoms with Gasteiger partial charge in [-0.2, -0.15) is 13.2 Å². The van der Waals surface area contributed by atoms with Gasteiger partial charge in [-0.25, -0.2) is 9.97 Å². The van der Waals surface area contributed by atoms with E-state index in [-0.39, 0.29) is 26.3 Å². The number of amides is 2. The molecule has 0 saturated carbocycles. The molecular formula is C18H17F3N4O2S. The monoisotopic (exact) mass is 410 g/mol. The third-order valence-electron chi connectivity index (χ3n) is 3.57. The lowest BCUT2D eigenvalue weighted by molar-refractivity contribution is -0.137. The number of alkyl halides is 3. The molecule has 10 heteroatoms. The topological polar surface area (TPSA) is 84.0 Å². The molecule has 2 amide bonds. The molecule has 0 fully saturated rings. The first-order valence-electron chi connectivity index (χ1n) is 7.93. The van der Waals surface area contributed by atoms with Crippen molar-refractivity contribution in [2.24, 2.45) is 0 Å². The second-order valence-electron chi connectivity index (χ2n) is 5.68. The molecule has 3 rings (SSSR count). The first-order chi connectivity index (χ1) is 13.3. The van der Waals surface area contributed by atoms with Crippen molar-refractivity contribution in [1.29, 1.82) is 0 Å². The number of carbonyl (C=O) groups is 2. The number of aromatic nitrogens is 2. The molecule has 28 heavy (non-hydrogen) atoms. The van der Waals surface area contributed by atoms with Gasteiger partial charge in [0.2, 0.25) is 5.91 Å². The largest absolute Gasteiger partial charge is 0.416 e. The standard InChI is InChI=1S/C18H13F3N4O2S.2H2/c19-18(20,21)12-3-1-2-11(6-12)7-16(26)24-13-4-5-15(22-8-13)25-17(27)14-9-28-10-23-14;;/h1-6,8-10H,7H2,(H,24,26)(H,22,25,27);2*1H. The average molecular weight is 410 g/mol. The number of pyridine rings is 1. The summed E-state index contributed by atoms with van der Waals surface area (Å²) >= 11 is 1.29. The molecule has 0 atom stereocenters. The van der Waals surface area contributed by atoms with Crippen molar-refractivity contribution in [3.63, 3.8) is 0 Å². The minimum Gasteiger partial charge on any atom is -0.324 e. The van der Waals surface area contributed by atoms with Gasteiger partial charge in [0, 0.05) is 8.23 Å². The van der Waals surface area contributed by atoms with Gasteiger partial charge in [-0.05, 0) is 23.8 Å². The molecular weight excluding hydrogens is 393 g/mol. The van der Waals surface area contributed by atoms with E-state index in [0.717, 1.165) is 12.1 Å². The summed E-state index contributed by atoms with van der Waals surface area (Å²) in [4.78, 5) is 31.8. The number of carbonyl (C=O) groups excluding carboxylic acids is 2. The molecule has 0 radical (unpaired) electrons. The summed E-state index contributed by atoms with van der Waals surface area (Å²) in [6.45, 7) is 0. The lowest BCUT2D eigenvalue weighted by Gasteiger charge is -2.09. The molecule has 6 nitrogen and oxygen atoms in total. The number of thiazole rings is 1. The van der Waals surface area contributed by atoms with E-state index in [0.29, 0.717) is 5.69 Å². The van der Waals surface area contributed by atoms with Gasteiger partial charge >= 0.3 is 6.18 Å². The highest BCUT2D eigenvalue weighted by Gasteiger charge is 2.30. The minimum atomic E-state index is -4.46. The van der Waals surface area contributed by atoms with Crippen molar-refractivity contribution in [2.75, 3.05) is 10.6 Å². The lowest BCUT2D eigenvalue weighted by Crippen LogP contribution is -2.16. The number of nitrogens with one attached hydrogen (secondary N) is 2. The van der Waals surface area contributed by atoms with E-state index in [2.05, 4.69) is 20.6 Å². The Morgan fingerprint density at radius 2 is 1.93 bits per heavy atom. The number of anilines is 2. The van der Waals surface area contributed by atoms with E-state index in [1.54, 1.807) is 5.38 Å². The molecule has 0 saturated heterocycles. The van der Waals surface area contributed by atoms with Gasteiger partial charge in [0.15, 0.2) is 0 Å². The van der Waals surface area contributed by atoms with E-state index >= 15 is 0 Å². The number of nitrogens with zero attached hydrogens (tertiary/aromatic N) is 2. The Balaban J connectivity index is 0.00000225. The maximum absolute atomic E-state index is 12.7. The first-order valence-corrected chi connectivity index (χ1v) is 8.87. The van der Waals surface area contributed by atoms with Gasteiger partial charge in [0.05, 0.1) is 29.4 Å². The van der Waals surface area contributed by atoms with Crippen LogP contribution in [-0.2, 0) is 17.4 Å². The Labute approximate surface area is 164 Å². The van der Waals surface area contributed by atoms with Crippen LogP contribution in [0, 0.1) is 0 Å². The van der Waals surface area contributed by atoms with Crippen molar-refractivity contribution in [3.05, 3.63) is 70.3 Å². The van der Waals surface area contributed by atoms with Gasteiger partial charge < -0.3 is 10.6 Å². The first kappa shape index (κ1) is 19.5. The molecule has 0 aliphatic heterocycles. The molecule has 2 aromatic heterocycles. The summed E-state index contributed by atoms with van der Waals surface area (Å²) < 4.78 is 38.2. The highest BCUT2D eigenvalue weighted by molar-refractivity contribution is 7.07. The Morgan fingerprint density at radius 3 is 2.57 bits per heavy atom. The Hall–Kier alpha value is -3.27. The molecule has 2 N–H and O–H groups in total. The summed E-state index contributed by atoms with van der Waals surface area (Å²) in [5.41, 5.74) is 1.59. The van der Waals surface area contributed by atoms with E-state index in [1.165, 1.54) is 47.3 Å². The number of hydrogen-bond donors (Lipinski definition) is 2. The predicted octanol–water partition coefficient (Wildman–Crippen LogP) is 4.48. The smallest absolute Gasteiger partial charge is 0.324 e. The third kappa shape index (κ3) is 5.13. The number of benzene rings is 1. The maximum atomic E-state index is 12.7. The quantitative estimate of drug-likeness (QED) is 0.650. The molecule has 0 unspecified atom stereocenters. The summed E-state index contributed by atoms with van der Waals surface area (Å²) in [5, 5.41) is 6.71. The maximum Gasteiger partial charge on any atom is 0.416 e. The fraction of sp³-hybridized carbons (Fsp3) is 0.111. The molecule has 0 spiro atoms. The summed E-state index contributed by atoms with van der Waals surface area (Å²) in [5.74, 6) is -0.621. The van der Waals surface area contributed by atoms with E-state index in [4.69, 9.17) is 0 Å². The average Bonchev–Trinajstić information content (AvgIpc) is 3.18. The molecule has 2 heterocycles. The van der Waals surface area contributed by atoms with Crippen molar-refractivity contribution in [1.82, 2.24) is 9.97 Å². The number of rotatable bonds is 5. The van der Waals surface area contributed by atoms with E-state index in [9.17, 15) is 22.8 Å². The summed E-state index contributed by atoms with van der Waals surface area (Å²) in [6, 6.07) is 7.60. The lowest BCUT2D eigenvalue weighted by atomic mass is 10.1. The molecule has 0 bridgehead atoms. The fourth-order valence-electron chi connectivity index (χ4n) is 2.29. The predicted molar refractivity (Wildman–Crippen MR) is 102 cm³/mol. The number of halogens is 3. The van der Waals surface area contributed by atoms with Crippen LogP contribution in [0.4, 0.5) is 24.7 Å². The SMILES string of the molecule is O=C(Cc1cccc(C(F)(F)F)c1)Nc1ccc(NC(=O)c2cscn2)nc1.[HH].[HH]. The van der Waals surface area contributed by atoms with E-state index in [1.807, 2.05) is 0 Å². The molecule has 3 aromatic rings. The van der Waals surface area contributed by atoms with Crippen LogP contribution in [0.3, 0.4) is 0 Å². The molecule has 0 aliphatic rings. The number of hydrogen-bond acceptors (Lipinski definition) is 5. The van der Waals surface area contributed by atoms with Crippen LogP contribution >= 0.6 is 11.3 Å². The van der Waals surface area contributed by atoms with Crippen molar-refractivity contribution in [2.45, 2.75) is 12.6 Å². The van der Waals surface area contributed by atoms with Gasteiger partial charge in [0.25, 0.3) is 5.91 Å². The third-order valence-corrected chi connectivity index (χ3v) is 4.16. The Bertz CT molecular complexity index is 984. The van der Waals surface area contributed by atoms with Crippen molar-refractivity contribution in [3.8, 4) is 0 Å². The van der Waals surface area contributed by atoms with Crippen LogP contribution < -0.4 is 10.6 Å². The Morgan fingerprint density at radius 1 is 1.11 bits per heavy atom. The van der Waals surface area contributed by atoms with Crippen LogP contribution in [0.5, 0.6) is 0 Å². The normalized spacial score (nSPS) is 11.1. The minimum absolute atomic E-state index is 0. The zero-order valence-corrected chi connectivity index (χ0v) is 15.0. The second kappa shape index (κ2) is 8.17. The Kier molecular flexibility index (Phi) is 5.69. The van der Waals surface area contributed by atoms with Crippen LogP contribution in [0.1, 0.15) is 24.5 Å². The van der Waals surface area contributed by atoms with E-state index < -0.39 is 23.6 Å². The van der Waals surface area contributed by atoms with Gasteiger partial charge in [-0.15, -0.1) is 11.3 Å². The zero-order chi connectivity index (χ0) is 20.1. The van der Waals surface area contributed by atoms with Crippen molar-refractivity contribution < 1.29 is 25.6 Å². The van der Waals surface area contributed by atoms with Crippen molar-refractivity contribution >= 4 is 34.7 Å². The molecule has 1 aromatic carbocycles. The van der Waals surface area contributed by atoms with Gasteiger partial charge in [-0.1, -0.05) is 18.2 Å². The van der Waals surface area contributed by atoms with Crippen LogP contribution in [0.25, 0.3) is 0 Å². The molecule has 0 aliphatic carbocycles. The highest BCUT2D eigenvalue weighted by Crippen LogP contribution is 2.29. The van der Waals surface area contributed by atoms with Crippen LogP contribution in [-0.4, -0.2) is 21.8 Å². The summed E-state index contributed by atoms with van der Waals surface area (Å²) in [6.07, 6.45) is -3.35.